The third-order valence-electron chi connectivity index (χ3n) is 2.95. The first kappa shape index (κ1) is 18.8. The van der Waals surface area contributed by atoms with E-state index >= 15 is 0 Å². The van der Waals surface area contributed by atoms with Crippen LogP contribution in [0.2, 0.25) is 0 Å². The Kier molecular flexibility index (Phi) is 5.40. The van der Waals surface area contributed by atoms with E-state index in [0.29, 0.717) is 10.8 Å². The largest absolute Gasteiger partial charge is 0.448 e. The Labute approximate surface area is 143 Å². The number of benzene rings is 2. The molecule has 0 atom stereocenters. The summed E-state index contributed by atoms with van der Waals surface area (Å²) in [5.74, 6) is -2.71. The van der Waals surface area contributed by atoms with Crippen molar-refractivity contribution in [1.82, 2.24) is 0 Å². The number of hydrogen-bond donors (Lipinski definition) is 1. The molecule has 25 heavy (non-hydrogen) atoms. The second-order valence-electron chi connectivity index (χ2n) is 4.77. The van der Waals surface area contributed by atoms with Crippen LogP contribution in [0.1, 0.15) is 12.8 Å². The van der Waals surface area contributed by atoms with Gasteiger partial charge in [0.2, 0.25) is 0 Å². The van der Waals surface area contributed by atoms with Crippen molar-refractivity contribution in [3.05, 3.63) is 42.5 Å². The van der Waals surface area contributed by atoms with E-state index < -0.39 is 45.3 Å². The van der Waals surface area contributed by atoms with Gasteiger partial charge in [0, 0.05) is 5.39 Å². The number of carbonyl (C=O) groups is 2. The van der Waals surface area contributed by atoms with Crippen LogP contribution in [0.5, 0.6) is 0 Å². The minimum absolute atomic E-state index is 0.223. The molecule has 134 valence electrons. The van der Waals surface area contributed by atoms with Crippen LogP contribution >= 0.6 is 0 Å². The second-order valence-corrected chi connectivity index (χ2v) is 7.31. The molecule has 0 radical (unpaired) electrons. The minimum atomic E-state index is -4.99. The van der Waals surface area contributed by atoms with Crippen molar-refractivity contribution in [3.8, 4) is 0 Å². The third kappa shape index (κ3) is 5.24. The molecule has 0 bridgehead atoms. The maximum Gasteiger partial charge on any atom is 0.448 e. The van der Waals surface area contributed by atoms with Gasteiger partial charge in [0.1, 0.15) is 4.90 Å². The van der Waals surface area contributed by atoms with Crippen LogP contribution in [0.3, 0.4) is 0 Å². The van der Waals surface area contributed by atoms with E-state index in [2.05, 4.69) is 8.37 Å². The van der Waals surface area contributed by atoms with Gasteiger partial charge >= 0.3 is 32.5 Å². The van der Waals surface area contributed by atoms with Crippen molar-refractivity contribution in [2.24, 2.45) is 0 Å². The monoisotopic (exact) mass is 388 g/mol. The zero-order valence-corrected chi connectivity index (χ0v) is 14.1. The average molecular weight is 388 g/mol. The van der Waals surface area contributed by atoms with Crippen molar-refractivity contribution in [2.75, 3.05) is 0 Å². The van der Waals surface area contributed by atoms with Gasteiger partial charge in [-0.25, -0.2) is 0 Å². The molecule has 0 spiro atoms. The Morgan fingerprint density at radius 2 is 1.40 bits per heavy atom. The van der Waals surface area contributed by atoms with Crippen LogP contribution < -0.4 is 0 Å². The minimum Gasteiger partial charge on any atom is -0.342 e. The lowest BCUT2D eigenvalue weighted by Gasteiger charge is -2.08. The topological polar surface area (TPSA) is 141 Å². The molecular weight excluding hydrogens is 376 g/mol. The summed E-state index contributed by atoms with van der Waals surface area (Å²) in [4.78, 5) is 22.4. The van der Waals surface area contributed by atoms with E-state index in [0.717, 1.165) is 0 Å². The van der Waals surface area contributed by atoms with Crippen molar-refractivity contribution >= 4 is 43.2 Å². The summed E-state index contributed by atoms with van der Waals surface area (Å²) in [7, 11) is -9.43. The van der Waals surface area contributed by atoms with Crippen molar-refractivity contribution < 1.29 is 39.3 Å². The maximum absolute atomic E-state index is 12.2. The molecule has 1 N–H and O–H groups in total. The van der Waals surface area contributed by atoms with E-state index in [4.69, 9.17) is 4.55 Å². The summed E-state index contributed by atoms with van der Waals surface area (Å²) >= 11 is 0. The normalized spacial score (nSPS) is 11.9. The van der Waals surface area contributed by atoms with Crippen molar-refractivity contribution in [2.45, 2.75) is 17.7 Å². The fraction of sp³-hybridized carbons (Fsp3) is 0.143. The Bertz CT molecular complexity index is 1020. The Hall–Kier alpha value is -2.50. The summed E-state index contributed by atoms with van der Waals surface area (Å²) in [5, 5.41) is 0.972. The van der Waals surface area contributed by atoms with E-state index in [1.54, 1.807) is 30.3 Å². The second kappa shape index (κ2) is 7.17. The molecule has 11 heteroatoms. The highest BCUT2D eigenvalue weighted by molar-refractivity contribution is 7.87. The van der Waals surface area contributed by atoms with Crippen LogP contribution in [0.25, 0.3) is 10.8 Å². The van der Waals surface area contributed by atoms with Crippen LogP contribution in [-0.2, 0) is 38.5 Å². The third-order valence-corrected chi connectivity index (χ3v) is 4.65. The molecule has 2 aromatic rings. The summed E-state index contributed by atoms with van der Waals surface area (Å²) < 4.78 is 61.4. The molecule has 0 fully saturated rings. The van der Waals surface area contributed by atoms with Gasteiger partial charge in [0.15, 0.2) is 0 Å². The Morgan fingerprint density at radius 1 is 0.840 bits per heavy atom. The quantitative estimate of drug-likeness (QED) is 0.570. The predicted molar refractivity (Wildman–Crippen MR) is 84.1 cm³/mol. The molecule has 9 nitrogen and oxygen atoms in total. The van der Waals surface area contributed by atoms with Gasteiger partial charge in [0.05, 0.1) is 12.8 Å². The standard InChI is InChI=1S/C14H12O9S2/c15-13(8-9-14(16)23-25(19,20)21)22-24(17,18)12-7-3-5-10-4-1-2-6-11(10)12/h1-7H,8-9H2,(H,19,20,21). The Balaban J connectivity index is 2.10. The van der Waals surface area contributed by atoms with Crippen LogP contribution in [0, 0.1) is 0 Å². The average Bonchev–Trinajstić information content (AvgIpc) is 2.50. The summed E-state index contributed by atoms with van der Waals surface area (Å²) in [5.41, 5.74) is 0. The molecule has 2 rings (SSSR count). The number of hydrogen-bond acceptors (Lipinski definition) is 8. The first-order valence-electron chi connectivity index (χ1n) is 6.73. The van der Waals surface area contributed by atoms with E-state index in [1.165, 1.54) is 12.1 Å². The molecule has 0 amide bonds. The highest BCUT2D eigenvalue weighted by atomic mass is 32.3. The smallest absolute Gasteiger partial charge is 0.342 e. The van der Waals surface area contributed by atoms with Crippen molar-refractivity contribution in [3.63, 3.8) is 0 Å². The van der Waals surface area contributed by atoms with Gasteiger partial charge in [-0.05, 0) is 11.5 Å². The fourth-order valence-corrected chi connectivity index (χ4v) is 3.42. The lowest BCUT2D eigenvalue weighted by molar-refractivity contribution is -0.140. The molecule has 0 saturated heterocycles. The van der Waals surface area contributed by atoms with E-state index in [1.807, 2.05) is 0 Å². The lowest BCUT2D eigenvalue weighted by Crippen LogP contribution is -2.17. The summed E-state index contributed by atoms with van der Waals surface area (Å²) in [6.07, 6.45) is -1.54. The first-order chi connectivity index (χ1) is 11.6. The van der Waals surface area contributed by atoms with Crippen LogP contribution in [0.4, 0.5) is 0 Å². The summed E-state index contributed by atoms with van der Waals surface area (Å²) in [6, 6.07) is 11.0. The molecule has 0 unspecified atom stereocenters. The SMILES string of the molecule is O=C(CCC(=O)OS(=O)(=O)c1cccc2ccccc12)OS(=O)(=O)O. The molecule has 0 saturated carbocycles. The van der Waals surface area contributed by atoms with E-state index in [-0.39, 0.29) is 4.90 Å². The number of rotatable bonds is 6. The Morgan fingerprint density at radius 3 is 2.04 bits per heavy atom. The van der Waals surface area contributed by atoms with Gasteiger partial charge in [-0.3, -0.25) is 14.1 Å². The lowest BCUT2D eigenvalue weighted by atomic mass is 10.1. The fourth-order valence-electron chi connectivity index (χ4n) is 1.99. The number of fused-ring (bicyclic) bond motifs is 1. The molecule has 0 aliphatic rings. The molecule has 2 aromatic carbocycles. The van der Waals surface area contributed by atoms with Gasteiger partial charge in [-0.1, -0.05) is 36.4 Å². The van der Waals surface area contributed by atoms with Gasteiger partial charge in [-0.2, -0.15) is 16.8 Å². The summed E-state index contributed by atoms with van der Waals surface area (Å²) in [6.45, 7) is 0. The van der Waals surface area contributed by atoms with Gasteiger partial charge in [-0.15, -0.1) is 0 Å². The highest BCUT2D eigenvalue weighted by Gasteiger charge is 2.23. The van der Waals surface area contributed by atoms with Gasteiger partial charge < -0.3 is 8.37 Å². The van der Waals surface area contributed by atoms with E-state index in [9.17, 15) is 26.4 Å². The van der Waals surface area contributed by atoms with Crippen LogP contribution in [0.15, 0.2) is 47.4 Å². The molecule has 0 aliphatic heterocycles. The van der Waals surface area contributed by atoms with Gasteiger partial charge in [0.25, 0.3) is 0 Å². The molecule has 0 aromatic heterocycles. The van der Waals surface area contributed by atoms with Crippen molar-refractivity contribution in [1.29, 1.82) is 0 Å². The number of carbonyl (C=O) groups excluding carboxylic acids is 2. The molecule has 0 heterocycles. The molecule has 0 aliphatic carbocycles. The predicted octanol–water partition coefficient (Wildman–Crippen LogP) is 1.20. The van der Waals surface area contributed by atoms with Crippen LogP contribution in [-0.4, -0.2) is 33.3 Å². The maximum atomic E-state index is 12.2. The zero-order chi connectivity index (χ0) is 18.7. The first-order valence-corrected chi connectivity index (χ1v) is 9.51. The highest BCUT2D eigenvalue weighted by Crippen LogP contribution is 2.24. The zero-order valence-electron chi connectivity index (χ0n) is 12.5. The molecular formula is C14H12O9S2.